The minimum absolute atomic E-state index is 0.121. The van der Waals surface area contributed by atoms with Crippen molar-refractivity contribution in [1.82, 2.24) is 5.32 Å². The first-order valence-corrected chi connectivity index (χ1v) is 8.71. The number of amides is 2. The predicted octanol–water partition coefficient (Wildman–Crippen LogP) is 3.55. The number of carbonyl (C=O) groups is 2. The van der Waals surface area contributed by atoms with Gasteiger partial charge in [-0.1, -0.05) is 0 Å². The molecule has 2 amide bonds. The van der Waals surface area contributed by atoms with Crippen LogP contribution in [0.15, 0.2) is 22.7 Å². The van der Waals surface area contributed by atoms with Gasteiger partial charge in [-0.25, -0.2) is 9.59 Å². The molecular formula is C14H17BrN2O3S. The number of carboxylic acid groups (broad SMARTS) is 1. The molecule has 0 heterocycles. The van der Waals surface area contributed by atoms with E-state index in [0.717, 1.165) is 19.3 Å². The van der Waals surface area contributed by atoms with Gasteiger partial charge in [-0.2, -0.15) is 11.8 Å². The lowest BCUT2D eigenvalue weighted by molar-refractivity contribution is 0.0696. The maximum absolute atomic E-state index is 11.9. The fourth-order valence-corrected chi connectivity index (χ4v) is 3.62. The number of nitrogens with one attached hydrogen (secondary N) is 2. The zero-order valence-corrected chi connectivity index (χ0v) is 14.0. The molecule has 21 heavy (non-hydrogen) atoms. The van der Waals surface area contributed by atoms with E-state index in [-0.39, 0.29) is 17.6 Å². The number of hydrogen-bond acceptors (Lipinski definition) is 3. The summed E-state index contributed by atoms with van der Waals surface area (Å²) in [4.78, 5) is 23.0. The monoisotopic (exact) mass is 372 g/mol. The fraction of sp³-hybridized carbons (Fsp3) is 0.429. The van der Waals surface area contributed by atoms with Crippen LogP contribution in [-0.4, -0.2) is 34.7 Å². The molecular weight excluding hydrogens is 356 g/mol. The molecule has 0 aliphatic heterocycles. The largest absolute Gasteiger partial charge is 0.478 e. The maximum Gasteiger partial charge on any atom is 0.336 e. The van der Waals surface area contributed by atoms with E-state index in [4.69, 9.17) is 5.11 Å². The molecule has 5 nitrogen and oxygen atoms in total. The molecule has 2 atom stereocenters. The fourth-order valence-electron chi connectivity index (χ4n) is 2.40. The van der Waals surface area contributed by atoms with Gasteiger partial charge in [-0.05, 0) is 59.6 Å². The number of aromatic carboxylic acids is 1. The Kier molecular flexibility index (Phi) is 5.52. The third-order valence-corrected chi connectivity index (χ3v) is 5.29. The number of carbonyl (C=O) groups excluding carboxylic acids is 1. The zero-order chi connectivity index (χ0) is 15.4. The minimum atomic E-state index is -1.04. The van der Waals surface area contributed by atoms with Gasteiger partial charge in [0, 0.05) is 21.5 Å². The third-order valence-electron chi connectivity index (χ3n) is 3.51. The Labute approximate surface area is 136 Å². The van der Waals surface area contributed by atoms with Crippen LogP contribution in [0, 0.1) is 0 Å². The van der Waals surface area contributed by atoms with Gasteiger partial charge in [0.25, 0.3) is 0 Å². The van der Waals surface area contributed by atoms with Gasteiger partial charge in [0.05, 0.1) is 5.56 Å². The average molecular weight is 373 g/mol. The van der Waals surface area contributed by atoms with Crippen LogP contribution in [0.3, 0.4) is 0 Å². The summed E-state index contributed by atoms with van der Waals surface area (Å²) in [5.41, 5.74) is 0.587. The number of hydrogen-bond donors (Lipinski definition) is 3. The van der Waals surface area contributed by atoms with Crippen molar-refractivity contribution in [3.8, 4) is 0 Å². The summed E-state index contributed by atoms with van der Waals surface area (Å²) < 4.78 is 0.486. The lowest BCUT2D eigenvalue weighted by Crippen LogP contribution is -2.36. The molecule has 1 fully saturated rings. The molecule has 1 aliphatic carbocycles. The Morgan fingerprint density at radius 3 is 2.76 bits per heavy atom. The molecule has 0 aromatic heterocycles. The van der Waals surface area contributed by atoms with Crippen LogP contribution in [0.25, 0.3) is 0 Å². The molecule has 0 saturated heterocycles. The van der Waals surface area contributed by atoms with Crippen molar-refractivity contribution in [3.63, 3.8) is 0 Å². The second-order valence-corrected chi connectivity index (χ2v) is 6.96. The molecule has 1 aromatic carbocycles. The van der Waals surface area contributed by atoms with Crippen molar-refractivity contribution in [3.05, 3.63) is 28.2 Å². The number of urea groups is 1. The highest BCUT2D eigenvalue weighted by atomic mass is 79.9. The Bertz CT molecular complexity index is 553. The van der Waals surface area contributed by atoms with E-state index in [1.54, 1.807) is 12.1 Å². The Balaban J connectivity index is 1.94. The molecule has 0 bridgehead atoms. The van der Waals surface area contributed by atoms with E-state index in [1.165, 1.54) is 6.07 Å². The number of thioether (sulfide) groups is 1. The van der Waals surface area contributed by atoms with E-state index in [1.807, 2.05) is 11.8 Å². The molecule has 1 aromatic rings. The Hall–Kier alpha value is -1.21. The van der Waals surface area contributed by atoms with Crippen molar-refractivity contribution < 1.29 is 14.7 Å². The van der Waals surface area contributed by atoms with E-state index < -0.39 is 5.97 Å². The van der Waals surface area contributed by atoms with Crippen LogP contribution in [0.1, 0.15) is 29.6 Å². The Morgan fingerprint density at radius 1 is 1.38 bits per heavy atom. The SMILES string of the molecule is CSC1CCC(NC(=O)Nc2ccc(Br)c(C(=O)O)c2)C1. The van der Waals surface area contributed by atoms with E-state index in [0.29, 0.717) is 15.4 Å². The first-order chi connectivity index (χ1) is 9.99. The molecule has 2 unspecified atom stereocenters. The molecule has 0 spiro atoms. The van der Waals surface area contributed by atoms with Crippen LogP contribution in [0.4, 0.5) is 10.5 Å². The number of anilines is 1. The summed E-state index contributed by atoms with van der Waals surface area (Å²) in [5, 5.41) is 15.3. The lowest BCUT2D eigenvalue weighted by atomic mass is 10.2. The van der Waals surface area contributed by atoms with E-state index in [9.17, 15) is 9.59 Å². The predicted molar refractivity (Wildman–Crippen MR) is 88.2 cm³/mol. The van der Waals surface area contributed by atoms with Gasteiger partial charge in [0.2, 0.25) is 0 Å². The summed E-state index contributed by atoms with van der Waals surface area (Å²) in [6.45, 7) is 0. The molecule has 114 valence electrons. The molecule has 2 rings (SSSR count). The van der Waals surface area contributed by atoms with Gasteiger partial charge in [-0.3, -0.25) is 0 Å². The normalized spacial score (nSPS) is 21.0. The topological polar surface area (TPSA) is 78.4 Å². The number of halogens is 1. The van der Waals surface area contributed by atoms with Gasteiger partial charge >= 0.3 is 12.0 Å². The third kappa shape index (κ3) is 4.38. The van der Waals surface area contributed by atoms with Crippen molar-refractivity contribution in [1.29, 1.82) is 0 Å². The smallest absolute Gasteiger partial charge is 0.336 e. The van der Waals surface area contributed by atoms with Gasteiger partial charge < -0.3 is 15.7 Å². The van der Waals surface area contributed by atoms with Crippen LogP contribution in [0.5, 0.6) is 0 Å². The standard InChI is InChI=1S/C14H17BrN2O3S/c1-21-10-4-2-8(6-10)16-14(20)17-9-3-5-12(15)11(7-9)13(18)19/h3,5,7-8,10H,2,4,6H2,1H3,(H,18,19)(H2,16,17,20). The number of carboxylic acids is 1. The molecule has 1 aliphatic rings. The first kappa shape index (κ1) is 16.2. The molecule has 0 radical (unpaired) electrons. The Morgan fingerprint density at radius 2 is 2.14 bits per heavy atom. The van der Waals surface area contributed by atoms with Crippen LogP contribution in [0.2, 0.25) is 0 Å². The summed E-state index contributed by atoms with van der Waals surface area (Å²) in [6, 6.07) is 4.61. The number of rotatable bonds is 4. The highest BCUT2D eigenvalue weighted by Gasteiger charge is 2.25. The summed E-state index contributed by atoms with van der Waals surface area (Å²) >= 11 is 5.00. The first-order valence-electron chi connectivity index (χ1n) is 6.62. The molecule has 3 N–H and O–H groups in total. The van der Waals surface area contributed by atoms with Gasteiger partial charge in [0.15, 0.2) is 0 Å². The second-order valence-electron chi connectivity index (χ2n) is 4.97. The number of benzene rings is 1. The van der Waals surface area contributed by atoms with Crippen LogP contribution < -0.4 is 10.6 Å². The van der Waals surface area contributed by atoms with Crippen molar-refractivity contribution in [2.75, 3.05) is 11.6 Å². The second kappa shape index (κ2) is 7.17. The van der Waals surface area contributed by atoms with Gasteiger partial charge in [-0.15, -0.1) is 0 Å². The highest BCUT2D eigenvalue weighted by Crippen LogP contribution is 2.28. The lowest BCUT2D eigenvalue weighted by Gasteiger charge is -2.14. The minimum Gasteiger partial charge on any atom is -0.478 e. The molecule has 1 saturated carbocycles. The average Bonchev–Trinajstić information content (AvgIpc) is 2.88. The quantitative estimate of drug-likeness (QED) is 0.754. The summed E-state index contributed by atoms with van der Waals surface area (Å²) in [5.74, 6) is -1.04. The summed E-state index contributed by atoms with van der Waals surface area (Å²) in [7, 11) is 0. The van der Waals surface area contributed by atoms with E-state index in [2.05, 4.69) is 32.8 Å². The zero-order valence-electron chi connectivity index (χ0n) is 11.6. The van der Waals surface area contributed by atoms with E-state index >= 15 is 0 Å². The van der Waals surface area contributed by atoms with Crippen LogP contribution in [-0.2, 0) is 0 Å². The maximum atomic E-state index is 11.9. The highest BCUT2D eigenvalue weighted by molar-refractivity contribution is 9.10. The van der Waals surface area contributed by atoms with Gasteiger partial charge in [0.1, 0.15) is 0 Å². The van der Waals surface area contributed by atoms with Crippen LogP contribution >= 0.6 is 27.7 Å². The van der Waals surface area contributed by atoms with Crippen molar-refractivity contribution >= 4 is 45.4 Å². The van der Waals surface area contributed by atoms with Crippen molar-refractivity contribution in [2.45, 2.75) is 30.6 Å². The molecule has 7 heteroatoms. The van der Waals surface area contributed by atoms with Crippen molar-refractivity contribution in [2.24, 2.45) is 0 Å². The summed E-state index contributed by atoms with van der Waals surface area (Å²) in [6.07, 6.45) is 5.17.